The van der Waals surface area contributed by atoms with Gasteiger partial charge in [0.1, 0.15) is 5.82 Å². The molecule has 2 aliphatic heterocycles. The number of hydrogen-bond acceptors (Lipinski definition) is 6. The second kappa shape index (κ2) is 10.8. The molecule has 0 atom stereocenters. The van der Waals surface area contributed by atoms with Crippen molar-refractivity contribution < 1.29 is 9.72 Å². The molecule has 3 N–H and O–H groups in total. The van der Waals surface area contributed by atoms with Gasteiger partial charge in [-0.05, 0) is 62.2 Å². The molecule has 9 nitrogen and oxygen atoms in total. The van der Waals surface area contributed by atoms with E-state index in [2.05, 4.69) is 37.6 Å². The van der Waals surface area contributed by atoms with Crippen LogP contribution in [-0.4, -0.2) is 38.8 Å². The van der Waals surface area contributed by atoms with Gasteiger partial charge in [0.15, 0.2) is 0 Å². The molecule has 0 bridgehead atoms. The summed E-state index contributed by atoms with van der Waals surface area (Å²) in [7, 11) is 0. The van der Waals surface area contributed by atoms with Crippen molar-refractivity contribution >= 4 is 34.2 Å². The van der Waals surface area contributed by atoms with Gasteiger partial charge in [0, 0.05) is 47.4 Å². The van der Waals surface area contributed by atoms with E-state index in [-0.39, 0.29) is 11.6 Å². The number of nitrogens with one attached hydrogen (secondary N) is 3. The number of likely N-dealkylation sites (tertiary alicyclic amines) is 1. The molecule has 202 valence electrons. The lowest BCUT2D eigenvalue weighted by atomic mass is 9.98. The third kappa shape index (κ3) is 5.23. The lowest BCUT2D eigenvalue weighted by Gasteiger charge is -2.26. The number of piperidine rings is 1. The molecule has 3 aromatic carbocycles. The summed E-state index contributed by atoms with van der Waals surface area (Å²) in [6.45, 7) is 5.03. The number of H-pyrrole nitrogens is 1. The van der Waals surface area contributed by atoms with E-state index in [1.54, 1.807) is 6.07 Å². The predicted molar refractivity (Wildman–Crippen MR) is 156 cm³/mol. The molecule has 2 aliphatic rings. The van der Waals surface area contributed by atoms with Crippen LogP contribution in [0, 0.1) is 17.0 Å². The van der Waals surface area contributed by atoms with Crippen molar-refractivity contribution in [1.82, 2.24) is 14.9 Å². The van der Waals surface area contributed by atoms with Crippen LogP contribution in [0.3, 0.4) is 0 Å². The Morgan fingerprint density at radius 1 is 1.02 bits per heavy atom. The van der Waals surface area contributed by atoms with Gasteiger partial charge in [-0.15, -0.1) is 0 Å². The maximum atomic E-state index is 13.3. The van der Waals surface area contributed by atoms with Gasteiger partial charge >= 0.3 is 0 Å². The Bertz CT molecular complexity index is 1600. The summed E-state index contributed by atoms with van der Waals surface area (Å²) in [4.78, 5) is 34.4. The molecular weight excluding hydrogens is 504 g/mol. The third-order valence-corrected chi connectivity index (χ3v) is 7.46. The Balaban J connectivity index is 1.38. The molecule has 9 heteroatoms. The normalized spacial score (nSPS) is 16.4. The van der Waals surface area contributed by atoms with Crippen molar-refractivity contribution in [1.29, 1.82) is 0 Å². The number of non-ortho nitro benzene ring substituents is 1. The number of hydrogen-bond donors (Lipinski definition) is 3. The standard InChI is InChI=1S/C31H30N6O3/c1-20-32-18-28(33-20)22-9-11-24(12-10-22)34-30(23-7-5-21(6-8-23)19-36-15-3-2-4-16-36)29-26-17-25(37(39)40)13-14-27(26)35-31(29)38/h5-14,17-18,34H,2-4,15-16,19H2,1H3,(H,32,33)(H,35,38). The number of nitro groups is 1. The number of aromatic nitrogens is 2. The number of carbonyl (C=O) groups is 1. The van der Waals surface area contributed by atoms with Crippen LogP contribution >= 0.6 is 0 Å². The molecule has 4 aromatic rings. The largest absolute Gasteiger partial charge is 0.354 e. The fourth-order valence-electron chi connectivity index (χ4n) is 5.38. The lowest BCUT2D eigenvalue weighted by Crippen LogP contribution is -2.29. The van der Waals surface area contributed by atoms with E-state index in [9.17, 15) is 14.9 Å². The molecule has 0 radical (unpaired) electrons. The summed E-state index contributed by atoms with van der Waals surface area (Å²) >= 11 is 0. The van der Waals surface area contributed by atoms with Crippen molar-refractivity contribution in [2.75, 3.05) is 23.7 Å². The number of carbonyl (C=O) groups excluding carboxylic acids is 1. The van der Waals surface area contributed by atoms with Crippen molar-refractivity contribution in [2.45, 2.75) is 32.7 Å². The van der Waals surface area contributed by atoms with Crippen LogP contribution in [0.4, 0.5) is 17.1 Å². The highest BCUT2D eigenvalue weighted by molar-refractivity contribution is 6.37. The first-order valence-electron chi connectivity index (χ1n) is 13.5. The SMILES string of the molecule is Cc1nc(-c2ccc(NC(=C3C(=O)Nc4ccc([N+](=O)[O-])cc43)c3ccc(CN4CCCCC4)cc3)cc2)c[nH]1. The maximum absolute atomic E-state index is 13.3. The first kappa shape index (κ1) is 25.5. The minimum Gasteiger partial charge on any atom is -0.354 e. The Kier molecular flexibility index (Phi) is 6.88. The fraction of sp³-hybridized carbons (Fsp3) is 0.226. The quantitative estimate of drug-likeness (QED) is 0.147. The molecule has 1 amide bonds. The number of anilines is 2. The summed E-state index contributed by atoms with van der Waals surface area (Å²) in [6, 6.07) is 20.5. The lowest BCUT2D eigenvalue weighted by molar-refractivity contribution is -0.384. The summed E-state index contributed by atoms with van der Waals surface area (Å²) in [5, 5.41) is 17.9. The number of nitro benzene ring substituents is 1. The fourth-order valence-corrected chi connectivity index (χ4v) is 5.38. The predicted octanol–water partition coefficient (Wildman–Crippen LogP) is 6.21. The van der Waals surface area contributed by atoms with Gasteiger partial charge in [-0.2, -0.15) is 0 Å². The van der Waals surface area contributed by atoms with Gasteiger partial charge in [-0.3, -0.25) is 19.8 Å². The summed E-state index contributed by atoms with van der Waals surface area (Å²) in [5.41, 5.74) is 6.57. The minimum absolute atomic E-state index is 0.0670. The van der Waals surface area contributed by atoms with E-state index in [4.69, 9.17) is 0 Å². The monoisotopic (exact) mass is 534 g/mol. The zero-order valence-corrected chi connectivity index (χ0v) is 22.2. The van der Waals surface area contributed by atoms with Gasteiger partial charge in [0.25, 0.3) is 11.6 Å². The van der Waals surface area contributed by atoms with E-state index in [0.29, 0.717) is 22.5 Å². The highest BCUT2D eigenvalue weighted by Crippen LogP contribution is 2.39. The Morgan fingerprint density at radius 2 is 1.77 bits per heavy atom. The van der Waals surface area contributed by atoms with Crippen LogP contribution < -0.4 is 10.6 Å². The molecule has 1 aromatic heterocycles. The minimum atomic E-state index is -0.446. The number of aryl methyl sites for hydroxylation is 1. The zero-order chi connectivity index (χ0) is 27.6. The Labute approximate surface area is 232 Å². The van der Waals surface area contributed by atoms with Gasteiger partial charge in [-0.25, -0.2) is 4.98 Å². The number of aromatic amines is 1. The maximum Gasteiger partial charge on any atom is 0.270 e. The van der Waals surface area contributed by atoms with Crippen LogP contribution in [-0.2, 0) is 11.3 Å². The molecule has 0 saturated carbocycles. The van der Waals surface area contributed by atoms with Crippen LogP contribution in [0.25, 0.3) is 22.5 Å². The number of fused-ring (bicyclic) bond motifs is 1. The van der Waals surface area contributed by atoms with Crippen molar-refractivity contribution in [3.8, 4) is 11.3 Å². The third-order valence-electron chi connectivity index (χ3n) is 7.46. The van der Waals surface area contributed by atoms with Gasteiger partial charge < -0.3 is 15.6 Å². The zero-order valence-electron chi connectivity index (χ0n) is 22.2. The molecule has 1 fully saturated rings. The first-order chi connectivity index (χ1) is 19.4. The number of nitrogens with zero attached hydrogens (tertiary/aromatic N) is 3. The topological polar surface area (TPSA) is 116 Å². The molecule has 0 unspecified atom stereocenters. The smallest absolute Gasteiger partial charge is 0.270 e. The van der Waals surface area contributed by atoms with Crippen molar-refractivity contribution in [2.24, 2.45) is 0 Å². The van der Waals surface area contributed by atoms with Crippen LogP contribution in [0.5, 0.6) is 0 Å². The van der Waals surface area contributed by atoms with Crippen LogP contribution in [0.15, 0.2) is 72.9 Å². The van der Waals surface area contributed by atoms with E-state index in [0.717, 1.165) is 48.0 Å². The van der Waals surface area contributed by atoms with E-state index >= 15 is 0 Å². The highest BCUT2D eigenvalue weighted by atomic mass is 16.6. The Hall–Kier alpha value is -4.76. The molecule has 3 heterocycles. The molecule has 6 rings (SSSR count). The average molecular weight is 535 g/mol. The highest BCUT2D eigenvalue weighted by Gasteiger charge is 2.30. The van der Waals surface area contributed by atoms with E-state index in [1.165, 1.54) is 37.0 Å². The van der Waals surface area contributed by atoms with Crippen LogP contribution in [0.2, 0.25) is 0 Å². The number of benzene rings is 3. The van der Waals surface area contributed by atoms with Crippen molar-refractivity contribution in [3.05, 3.63) is 106 Å². The van der Waals surface area contributed by atoms with E-state index < -0.39 is 4.92 Å². The van der Waals surface area contributed by atoms with Crippen molar-refractivity contribution in [3.63, 3.8) is 0 Å². The molecule has 40 heavy (non-hydrogen) atoms. The second-order valence-electron chi connectivity index (χ2n) is 10.3. The number of imidazole rings is 1. The summed E-state index contributed by atoms with van der Waals surface area (Å²) in [5.74, 6) is 0.534. The van der Waals surface area contributed by atoms with Gasteiger partial charge in [0.05, 0.1) is 21.9 Å². The summed E-state index contributed by atoms with van der Waals surface area (Å²) < 4.78 is 0. The van der Waals surface area contributed by atoms with Gasteiger partial charge in [-0.1, -0.05) is 42.8 Å². The van der Waals surface area contributed by atoms with Crippen LogP contribution in [0.1, 0.15) is 41.8 Å². The van der Waals surface area contributed by atoms with E-state index in [1.807, 2.05) is 49.5 Å². The molecule has 0 aliphatic carbocycles. The second-order valence-corrected chi connectivity index (χ2v) is 10.3. The molecular formula is C31H30N6O3. The first-order valence-corrected chi connectivity index (χ1v) is 13.5. The van der Waals surface area contributed by atoms with Gasteiger partial charge in [0.2, 0.25) is 0 Å². The number of rotatable bonds is 7. The number of amides is 1. The average Bonchev–Trinajstić information content (AvgIpc) is 3.55. The molecule has 0 spiro atoms. The summed E-state index contributed by atoms with van der Waals surface area (Å²) in [6.07, 6.45) is 5.63. The Morgan fingerprint density at radius 3 is 2.45 bits per heavy atom. The molecule has 1 saturated heterocycles.